The summed E-state index contributed by atoms with van der Waals surface area (Å²) in [5.41, 5.74) is 0.226. The van der Waals surface area contributed by atoms with E-state index >= 15 is 0 Å². The van der Waals surface area contributed by atoms with Gasteiger partial charge in [-0.15, -0.1) is 5.10 Å². The molecule has 0 aliphatic heterocycles. The predicted octanol–water partition coefficient (Wildman–Crippen LogP) is 2.91. The van der Waals surface area contributed by atoms with E-state index in [0.717, 1.165) is 4.68 Å². The van der Waals surface area contributed by atoms with Crippen LogP contribution in [-0.4, -0.2) is 21.0 Å². The third-order valence-corrected chi connectivity index (χ3v) is 3.65. The number of hydrogen-bond donors (Lipinski definition) is 0. The lowest BCUT2D eigenvalue weighted by atomic mass is 10.2. The van der Waals surface area contributed by atoms with Crippen molar-refractivity contribution >= 4 is 40.1 Å². The number of carbonyl (C=O) groups excluding carboxylic acids is 1. The van der Waals surface area contributed by atoms with Gasteiger partial charge in [0, 0.05) is 5.02 Å². The van der Waals surface area contributed by atoms with Crippen LogP contribution in [0.25, 0.3) is 10.9 Å². The first kappa shape index (κ1) is 15.5. The second kappa shape index (κ2) is 6.36. The third kappa shape index (κ3) is 3.18. The van der Waals surface area contributed by atoms with Crippen LogP contribution in [0.4, 0.5) is 0 Å². The molecule has 0 amide bonds. The van der Waals surface area contributed by atoms with E-state index in [1.807, 2.05) is 0 Å². The van der Waals surface area contributed by atoms with E-state index in [1.165, 1.54) is 18.2 Å². The van der Waals surface area contributed by atoms with Crippen molar-refractivity contribution in [3.05, 3.63) is 68.4 Å². The van der Waals surface area contributed by atoms with Gasteiger partial charge in [-0.25, -0.2) is 4.79 Å². The van der Waals surface area contributed by atoms with Crippen molar-refractivity contribution in [2.24, 2.45) is 0 Å². The van der Waals surface area contributed by atoms with Gasteiger partial charge >= 0.3 is 5.97 Å². The Labute approximate surface area is 140 Å². The number of carbonyl (C=O) groups is 1. The highest BCUT2D eigenvalue weighted by molar-refractivity contribution is 6.36. The van der Waals surface area contributed by atoms with E-state index in [-0.39, 0.29) is 17.3 Å². The smallest absolute Gasteiger partial charge is 0.341 e. The zero-order chi connectivity index (χ0) is 16.4. The summed E-state index contributed by atoms with van der Waals surface area (Å²) >= 11 is 11.7. The molecule has 0 atom stereocenters. The Balaban J connectivity index is 1.82. The molecule has 0 saturated carbocycles. The fourth-order valence-electron chi connectivity index (χ4n) is 1.96. The number of benzene rings is 2. The molecular weight excluding hydrogens is 341 g/mol. The summed E-state index contributed by atoms with van der Waals surface area (Å²) in [6, 6.07) is 11.2. The lowest BCUT2D eigenvalue weighted by Crippen LogP contribution is -2.26. The largest absolute Gasteiger partial charge is 0.438 e. The van der Waals surface area contributed by atoms with E-state index in [4.69, 9.17) is 27.9 Å². The van der Waals surface area contributed by atoms with Gasteiger partial charge in [-0.3, -0.25) is 4.79 Å². The molecule has 116 valence electrons. The SMILES string of the molecule is O=C(OCn1nnc2ccccc2c1=O)c1ccc(Cl)cc1Cl. The molecular formula is C15H9Cl2N3O3. The summed E-state index contributed by atoms with van der Waals surface area (Å²) < 4.78 is 6.02. The molecule has 1 aromatic heterocycles. The number of halogens is 2. The minimum Gasteiger partial charge on any atom is -0.438 e. The molecule has 0 aliphatic carbocycles. The number of rotatable bonds is 3. The molecule has 23 heavy (non-hydrogen) atoms. The molecule has 0 spiro atoms. The van der Waals surface area contributed by atoms with Crippen molar-refractivity contribution in [1.82, 2.24) is 15.0 Å². The number of fused-ring (bicyclic) bond motifs is 1. The highest BCUT2D eigenvalue weighted by atomic mass is 35.5. The van der Waals surface area contributed by atoms with Crippen LogP contribution in [0.1, 0.15) is 10.4 Å². The first-order valence-corrected chi connectivity index (χ1v) is 7.26. The van der Waals surface area contributed by atoms with Crippen LogP contribution in [-0.2, 0) is 11.5 Å². The molecule has 3 rings (SSSR count). The molecule has 6 nitrogen and oxygen atoms in total. The Hall–Kier alpha value is -2.44. The average molecular weight is 350 g/mol. The predicted molar refractivity (Wildman–Crippen MR) is 85.7 cm³/mol. The minimum absolute atomic E-state index is 0.151. The number of esters is 1. The van der Waals surface area contributed by atoms with E-state index < -0.39 is 11.5 Å². The van der Waals surface area contributed by atoms with Crippen molar-refractivity contribution in [3.63, 3.8) is 0 Å². The molecule has 8 heteroatoms. The lowest BCUT2D eigenvalue weighted by molar-refractivity contribution is 0.0336. The first-order chi connectivity index (χ1) is 11.1. The van der Waals surface area contributed by atoms with E-state index in [2.05, 4.69) is 10.3 Å². The molecule has 0 fully saturated rings. The summed E-state index contributed by atoms with van der Waals surface area (Å²) in [5, 5.41) is 8.60. The van der Waals surface area contributed by atoms with Crippen LogP contribution in [0.3, 0.4) is 0 Å². The topological polar surface area (TPSA) is 74.1 Å². The van der Waals surface area contributed by atoms with Crippen molar-refractivity contribution < 1.29 is 9.53 Å². The Kier molecular flexibility index (Phi) is 4.27. The fraction of sp³-hybridized carbons (Fsp3) is 0.0667. The van der Waals surface area contributed by atoms with E-state index in [9.17, 15) is 9.59 Å². The molecule has 1 heterocycles. The second-order valence-corrected chi connectivity index (χ2v) is 5.44. The van der Waals surface area contributed by atoms with Gasteiger partial charge in [-0.1, -0.05) is 40.5 Å². The first-order valence-electron chi connectivity index (χ1n) is 6.51. The van der Waals surface area contributed by atoms with Crippen LogP contribution in [0.2, 0.25) is 10.0 Å². The van der Waals surface area contributed by atoms with Crippen molar-refractivity contribution in [3.8, 4) is 0 Å². The summed E-state index contributed by atoms with van der Waals surface area (Å²) in [5.74, 6) is -0.687. The minimum atomic E-state index is -0.687. The zero-order valence-electron chi connectivity index (χ0n) is 11.6. The highest BCUT2D eigenvalue weighted by Crippen LogP contribution is 2.21. The fourth-order valence-corrected chi connectivity index (χ4v) is 2.45. The van der Waals surface area contributed by atoms with Crippen LogP contribution in [0, 0.1) is 0 Å². The van der Waals surface area contributed by atoms with Gasteiger partial charge in [0.15, 0.2) is 6.73 Å². The van der Waals surface area contributed by atoms with Crippen molar-refractivity contribution in [2.45, 2.75) is 6.73 Å². The number of hydrogen-bond acceptors (Lipinski definition) is 5. The molecule has 3 aromatic rings. The summed E-state index contributed by atoms with van der Waals surface area (Å²) in [6.45, 7) is -0.367. The van der Waals surface area contributed by atoms with Gasteiger partial charge in [0.25, 0.3) is 5.56 Å². The Bertz CT molecular complexity index is 956. The summed E-state index contributed by atoms with van der Waals surface area (Å²) in [7, 11) is 0. The van der Waals surface area contributed by atoms with Gasteiger partial charge < -0.3 is 4.74 Å². The number of nitrogens with zero attached hydrogens (tertiary/aromatic N) is 3. The van der Waals surface area contributed by atoms with Gasteiger partial charge in [-0.2, -0.15) is 4.68 Å². The van der Waals surface area contributed by atoms with Crippen molar-refractivity contribution in [1.29, 1.82) is 0 Å². The molecule has 0 saturated heterocycles. The molecule has 0 bridgehead atoms. The van der Waals surface area contributed by atoms with Gasteiger partial charge in [0.05, 0.1) is 16.0 Å². The maximum Gasteiger partial charge on any atom is 0.341 e. The monoisotopic (exact) mass is 349 g/mol. The van der Waals surface area contributed by atoms with Crippen LogP contribution >= 0.6 is 23.2 Å². The standard InChI is InChI=1S/C15H9Cl2N3O3/c16-9-5-6-10(12(17)7-9)15(22)23-8-20-14(21)11-3-1-2-4-13(11)18-19-20/h1-7H,8H2. The lowest BCUT2D eigenvalue weighted by Gasteiger charge is -2.07. The number of aromatic nitrogens is 3. The van der Waals surface area contributed by atoms with Gasteiger partial charge in [0.1, 0.15) is 5.52 Å². The maximum atomic E-state index is 12.2. The molecule has 2 aromatic carbocycles. The highest BCUT2D eigenvalue weighted by Gasteiger charge is 2.13. The Morgan fingerprint density at radius 1 is 1.17 bits per heavy atom. The van der Waals surface area contributed by atoms with Crippen LogP contribution in [0.5, 0.6) is 0 Å². The van der Waals surface area contributed by atoms with Gasteiger partial charge in [-0.05, 0) is 30.3 Å². The molecule has 0 radical (unpaired) electrons. The molecule has 0 unspecified atom stereocenters. The van der Waals surface area contributed by atoms with Gasteiger partial charge in [0.2, 0.25) is 0 Å². The zero-order valence-corrected chi connectivity index (χ0v) is 13.1. The van der Waals surface area contributed by atoms with Crippen LogP contribution in [0.15, 0.2) is 47.3 Å². The van der Waals surface area contributed by atoms with E-state index in [0.29, 0.717) is 15.9 Å². The number of ether oxygens (including phenoxy) is 1. The second-order valence-electron chi connectivity index (χ2n) is 4.60. The van der Waals surface area contributed by atoms with Crippen molar-refractivity contribution in [2.75, 3.05) is 0 Å². The molecule has 0 aliphatic rings. The summed E-state index contributed by atoms with van der Waals surface area (Å²) in [6.07, 6.45) is 0. The third-order valence-electron chi connectivity index (χ3n) is 3.10. The van der Waals surface area contributed by atoms with E-state index in [1.54, 1.807) is 24.3 Å². The Morgan fingerprint density at radius 3 is 2.74 bits per heavy atom. The summed E-state index contributed by atoms with van der Waals surface area (Å²) in [4.78, 5) is 24.2. The van der Waals surface area contributed by atoms with Crippen LogP contribution < -0.4 is 5.56 Å². The normalized spacial score (nSPS) is 10.7. The molecule has 0 N–H and O–H groups in total. The average Bonchev–Trinajstić information content (AvgIpc) is 2.54. The maximum absolute atomic E-state index is 12.2. The quantitative estimate of drug-likeness (QED) is 0.679. The Morgan fingerprint density at radius 2 is 1.96 bits per heavy atom.